The number of halogens is 3. The Morgan fingerprint density at radius 3 is 2.44 bits per heavy atom. The van der Waals surface area contributed by atoms with Crippen LogP contribution >= 0.6 is 0 Å². The van der Waals surface area contributed by atoms with Gasteiger partial charge in [-0.15, -0.1) is 0 Å². The molecule has 0 N–H and O–H groups in total. The summed E-state index contributed by atoms with van der Waals surface area (Å²) < 4.78 is 37.0. The fourth-order valence-electron chi connectivity index (χ4n) is 3.57. The summed E-state index contributed by atoms with van der Waals surface area (Å²) in [6.07, 6.45) is 0.651. The van der Waals surface area contributed by atoms with Crippen molar-refractivity contribution in [1.29, 1.82) is 0 Å². The number of hydrogen-bond acceptors (Lipinski definition) is 1. The monoisotopic (exact) mass is 263 g/mol. The molecule has 2 aliphatic carbocycles. The minimum atomic E-state index is -4.29. The van der Waals surface area contributed by atoms with Gasteiger partial charge in [0.1, 0.15) is 6.54 Å². The molecule has 1 amide bonds. The van der Waals surface area contributed by atoms with E-state index in [0.717, 1.165) is 23.7 Å². The highest BCUT2D eigenvalue weighted by molar-refractivity contribution is 5.76. The predicted molar refractivity (Wildman–Crippen MR) is 61.9 cm³/mol. The molecule has 0 aromatic rings. The van der Waals surface area contributed by atoms with Gasteiger partial charge in [-0.2, -0.15) is 13.2 Å². The van der Waals surface area contributed by atoms with Gasteiger partial charge in [-0.3, -0.25) is 4.79 Å². The van der Waals surface area contributed by atoms with Crippen molar-refractivity contribution in [3.05, 3.63) is 0 Å². The van der Waals surface area contributed by atoms with Crippen LogP contribution in [0.2, 0.25) is 0 Å². The molecule has 0 heterocycles. The third-order valence-electron chi connectivity index (χ3n) is 4.43. The lowest BCUT2D eigenvalue weighted by Gasteiger charge is -2.26. The van der Waals surface area contributed by atoms with E-state index in [1.165, 1.54) is 12.8 Å². The zero-order valence-corrected chi connectivity index (χ0v) is 10.7. The zero-order valence-electron chi connectivity index (χ0n) is 10.7. The van der Waals surface area contributed by atoms with Gasteiger partial charge >= 0.3 is 6.18 Å². The molecule has 3 atom stereocenters. The zero-order chi connectivity index (χ0) is 13.3. The molecule has 2 fully saturated rings. The van der Waals surface area contributed by atoms with E-state index >= 15 is 0 Å². The lowest BCUT2D eigenvalue weighted by atomic mass is 9.86. The minimum Gasteiger partial charge on any atom is -0.334 e. The number of amides is 1. The van der Waals surface area contributed by atoms with Gasteiger partial charge in [0.2, 0.25) is 5.91 Å². The molecule has 0 aromatic carbocycles. The Labute approximate surface area is 106 Å². The van der Waals surface area contributed by atoms with Crippen LogP contribution in [0.15, 0.2) is 0 Å². The van der Waals surface area contributed by atoms with E-state index in [1.807, 2.05) is 0 Å². The summed E-state index contributed by atoms with van der Waals surface area (Å²) >= 11 is 0. The first kappa shape index (κ1) is 13.7. The maximum absolute atomic E-state index is 12.3. The standard InChI is InChI=1S/C13H20F3NO/c1-2-17(8-13(14,15)16)12(18)7-11-6-9-3-4-10(11)5-9/h9-11H,2-8H2,1H3/t9-,10-,11+/m0/s1. The quantitative estimate of drug-likeness (QED) is 0.762. The van der Waals surface area contributed by atoms with Gasteiger partial charge in [0.15, 0.2) is 0 Å². The molecule has 0 saturated heterocycles. The highest BCUT2D eigenvalue weighted by Gasteiger charge is 2.41. The van der Waals surface area contributed by atoms with Gasteiger partial charge in [-0.1, -0.05) is 6.42 Å². The summed E-state index contributed by atoms with van der Waals surface area (Å²) in [6.45, 7) is 0.632. The average molecular weight is 263 g/mol. The molecule has 2 aliphatic rings. The van der Waals surface area contributed by atoms with Crippen molar-refractivity contribution in [2.24, 2.45) is 17.8 Å². The first-order chi connectivity index (χ1) is 8.39. The molecule has 0 aliphatic heterocycles. The maximum Gasteiger partial charge on any atom is 0.406 e. The Kier molecular flexibility index (Phi) is 3.87. The maximum atomic E-state index is 12.3. The van der Waals surface area contributed by atoms with Crippen molar-refractivity contribution in [1.82, 2.24) is 4.90 Å². The van der Waals surface area contributed by atoms with E-state index in [-0.39, 0.29) is 12.5 Å². The molecule has 0 radical (unpaired) electrons. The summed E-state index contributed by atoms with van der Waals surface area (Å²) in [7, 11) is 0. The summed E-state index contributed by atoms with van der Waals surface area (Å²) in [5.41, 5.74) is 0. The average Bonchev–Trinajstić information content (AvgIpc) is 2.86. The molecule has 2 rings (SSSR count). The van der Waals surface area contributed by atoms with Gasteiger partial charge in [0.25, 0.3) is 0 Å². The minimum absolute atomic E-state index is 0.138. The van der Waals surface area contributed by atoms with Crippen molar-refractivity contribution < 1.29 is 18.0 Å². The van der Waals surface area contributed by atoms with E-state index in [4.69, 9.17) is 0 Å². The molecule has 0 aromatic heterocycles. The smallest absolute Gasteiger partial charge is 0.334 e. The summed E-state index contributed by atoms with van der Waals surface area (Å²) in [5.74, 6) is 1.32. The highest BCUT2D eigenvalue weighted by Crippen LogP contribution is 2.49. The van der Waals surface area contributed by atoms with E-state index < -0.39 is 12.7 Å². The third-order valence-corrected chi connectivity index (χ3v) is 4.43. The lowest BCUT2D eigenvalue weighted by Crippen LogP contribution is -2.39. The third kappa shape index (κ3) is 3.18. The molecule has 2 bridgehead atoms. The molecule has 5 heteroatoms. The van der Waals surface area contributed by atoms with Gasteiger partial charge in [-0.05, 0) is 43.9 Å². The first-order valence-electron chi connectivity index (χ1n) is 6.73. The largest absolute Gasteiger partial charge is 0.406 e. The van der Waals surface area contributed by atoms with Crippen LogP contribution in [0.25, 0.3) is 0 Å². The Balaban J connectivity index is 1.86. The summed E-state index contributed by atoms with van der Waals surface area (Å²) in [5, 5.41) is 0. The molecular weight excluding hydrogens is 243 g/mol. The van der Waals surface area contributed by atoms with Crippen molar-refractivity contribution >= 4 is 5.91 Å². The van der Waals surface area contributed by atoms with Gasteiger partial charge in [0.05, 0.1) is 0 Å². The SMILES string of the molecule is CCN(CC(F)(F)F)C(=O)C[C@H]1C[C@H]2CC[C@H]1C2. The molecular formula is C13H20F3NO. The molecule has 18 heavy (non-hydrogen) atoms. The van der Waals surface area contributed by atoms with Gasteiger partial charge in [0, 0.05) is 13.0 Å². The van der Waals surface area contributed by atoms with E-state index in [2.05, 4.69) is 0 Å². The van der Waals surface area contributed by atoms with Crippen LogP contribution in [0.1, 0.15) is 39.0 Å². The topological polar surface area (TPSA) is 20.3 Å². The van der Waals surface area contributed by atoms with Crippen LogP contribution in [0.5, 0.6) is 0 Å². The highest BCUT2D eigenvalue weighted by atomic mass is 19.4. The van der Waals surface area contributed by atoms with Crippen LogP contribution in [-0.4, -0.2) is 30.1 Å². The second-order valence-electron chi connectivity index (χ2n) is 5.66. The summed E-state index contributed by atoms with van der Waals surface area (Å²) in [4.78, 5) is 12.8. The predicted octanol–water partition coefficient (Wildman–Crippen LogP) is 3.22. The number of nitrogens with zero attached hydrogens (tertiary/aromatic N) is 1. The van der Waals surface area contributed by atoms with E-state index in [0.29, 0.717) is 18.3 Å². The van der Waals surface area contributed by atoms with Crippen LogP contribution < -0.4 is 0 Å². The van der Waals surface area contributed by atoms with Crippen LogP contribution in [0.4, 0.5) is 13.2 Å². The van der Waals surface area contributed by atoms with Crippen molar-refractivity contribution in [2.75, 3.05) is 13.1 Å². The molecule has 0 spiro atoms. The van der Waals surface area contributed by atoms with Crippen molar-refractivity contribution in [3.8, 4) is 0 Å². The van der Waals surface area contributed by atoms with Gasteiger partial charge < -0.3 is 4.90 Å². The Bertz CT molecular complexity index is 316. The van der Waals surface area contributed by atoms with Crippen molar-refractivity contribution in [2.45, 2.75) is 45.2 Å². The fourth-order valence-corrected chi connectivity index (χ4v) is 3.57. The molecule has 2 nitrogen and oxygen atoms in total. The lowest BCUT2D eigenvalue weighted by molar-refractivity contribution is -0.161. The Hall–Kier alpha value is -0.740. The van der Waals surface area contributed by atoms with Crippen LogP contribution in [-0.2, 0) is 4.79 Å². The Morgan fingerprint density at radius 2 is 2.00 bits per heavy atom. The van der Waals surface area contributed by atoms with E-state index in [1.54, 1.807) is 6.92 Å². The number of carbonyl (C=O) groups is 1. The number of carbonyl (C=O) groups excluding carboxylic acids is 1. The van der Waals surface area contributed by atoms with Gasteiger partial charge in [-0.25, -0.2) is 0 Å². The van der Waals surface area contributed by atoms with Crippen molar-refractivity contribution in [3.63, 3.8) is 0 Å². The molecule has 0 unspecified atom stereocenters. The fraction of sp³-hybridized carbons (Fsp3) is 0.923. The van der Waals surface area contributed by atoms with Crippen LogP contribution in [0.3, 0.4) is 0 Å². The first-order valence-corrected chi connectivity index (χ1v) is 6.73. The molecule has 2 saturated carbocycles. The Morgan fingerprint density at radius 1 is 1.28 bits per heavy atom. The number of hydrogen-bond donors (Lipinski definition) is 0. The number of rotatable bonds is 4. The summed E-state index contributed by atoms with van der Waals surface area (Å²) in [6, 6.07) is 0. The van der Waals surface area contributed by atoms with Crippen LogP contribution in [0, 0.1) is 17.8 Å². The molecule has 104 valence electrons. The second kappa shape index (κ2) is 5.10. The normalized spacial score (nSPS) is 30.8. The second-order valence-corrected chi connectivity index (χ2v) is 5.66. The number of fused-ring (bicyclic) bond motifs is 2. The number of alkyl halides is 3. The van der Waals surface area contributed by atoms with E-state index in [9.17, 15) is 18.0 Å².